The Morgan fingerprint density at radius 1 is 0.653 bits per heavy atom. The van der Waals surface area contributed by atoms with Gasteiger partial charge in [0.25, 0.3) is 11.9 Å². The number of carboxylic acids is 2. The molecule has 20 heteroatoms. The van der Waals surface area contributed by atoms with Crippen LogP contribution in [0.5, 0.6) is 0 Å². The van der Waals surface area contributed by atoms with Crippen molar-refractivity contribution < 1.29 is 58.1 Å². The van der Waals surface area contributed by atoms with Gasteiger partial charge >= 0.3 is 11.9 Å². The molecule has 0 aliphatic heterocycles. The highest BCUT2D eigenvalue weighted by Crippen LogP contribution is 2.13. The maximum atomic E-state index is 13.0. The van der Waals surface area contributed by atoms with Gasteiger partial charge in [0, 0.05) is 35.3 Å². The molecule has 0 aliphatic rings. The molecule has 0 fully saturated rings. The van der Waals surface area contributed by atoms with E-state index in [1.165, 1.54) is 10.4 Å². The normalized spacial score (nSPS) is 10.1. The Bertz CT molecular complexity index is 2450. The van der Waals surface area contributed by atoms with Gasteiger partial charge in [0.05, 0.1) is 26.1 Å². The van der Waals surface area contributed by atoms with E-state index in [0.717, 1.165) is 29.5 Å². The van der Waals surface area contributed by atoms with Crippen molar-refractivity contribution in [1.29, 1.82) is 0 Å². The second kappa shape index (κ2) is 44.1. The fourth-order valence-electron chi connectivity index (χ4n) is 4.90. The summed E-state index contributed by atoms with van der Waals surface area (Å²) in [6.45, 7) is 15.0. The molecule has 4 aromatic rings. The molecule has 0 spiro atoms. The predicted octanol–water partition coefficient (Wildman–Crippen LogP) is 6.24. The zero-order valence-electron chi connectivity index (χ0n) is 42.9. The fraction of sp³-hybridized carbons (Fsp3) is 0.255. The van der Waals surface area contributed by atoms with Crippen LogP contribution in [0.25, 0.3) is 0 Å². The van der Waals surface area contributed by atoms with E-state index in [0.29, 0.717) is 11.3 Å². The minimum atomic E-state index is -1.48. The Balaban J connectivity index is -0.00000148. The highest BCUT2D eigenvalue weighted by molar-refractivity contribution is 9.10. The summed E-state index contributed by atoms with van der Waals surface area (Å²) in [5, 5.41) is 32.1. The summed E-state index contributed by atoms with van der Waals surface area (Å²) in [6.07, 6.45) is 19.4. The van der Waals surface area contributed by atoms with Gasteiger partial charge in [-0.1, -0.05) is 125 Å². The number of halogens is 1. The molecular formula is C55H67BrN6O12S. The van der Waals surface area contributed by atoms with Crippen molar-refractivity contribution in [2.75, 3.05) is 31.5 Å². The van der Waals surface area contributed by atoms with Crippen molar-refractivity contribution in [3.05, 3.63) is 159 Å². The lowest BCUT2D eigenvalue weighted by molar-refractivity contribution is -0.153. The number of thiophene rings is 1. The number of terminal acetylenes is 2. The standard InChI is InChI=1S/C30H35BrN6O10.C7H8.C7H10.C5H6S.C2H4O2.2C2H2/c1-17-3-9-21(10-4-17)36-30(46)23(47-18(2)38)12-24(39)32-15-27(42)37-22(11-19-5-7-20(31)8-6-19)29(45)35-14-26(41)33-13-25(40)34-16-28(43)44;1-7-5-3-2-4-6-7;1-4-6-7(3)5-2;1-5-3-2-4-6-5;1-2(3)4;2*1-2/h3-10,22-23H,11-16H2,1-2H3,(H,32,39)(H,33,41)(H,34,40)(H,35,45)(H,36,46)(H,37,42)(H,43,44);2-6H,1H3;4-6H,1-2H2,3H3;2-4H,1H3;1H3,(H,3,4);2*1-2H/b;;7-6-;;;;/t22-,23-;;;;;;/m1....../s1. The van der Waals surface area contributed by atoms with Crippen molar-refractivity contribution in [3.8, 4) is 25.7 Å². The SMILES string of the molecule is C#C.C#C.C=C/C=C(/C)C=C.CC(=O)O.CC(=O)O[C@H](CC(=O)NCC(=O)N[C@H](Cc1ccc(Br)cc1)C(=O)NCC(=O)NCC(=O)NCC(=O)O)C(=O)Nc1ccc(C)cc1.Cc1ccccc1.Cc1cccs1. The second-order valence-corrected chi connectivity index (χ2v) is 16.9. The van der Waals surface area contributed by atoms with Gasteiger partial charge in [0.2, 0.25) is 29.5 Å². The molecule has 4 rings (SSSR count). The Kier molecular flexibility index (Phi) is 41.6. The van der Waals surface area contributed by atoms with Gasteiger partial charge in [-0.05, 0) is 69.0 Å². The highest BCUT2D eigenvalue weighted by atomic mass is 79.9. The summed E-state index contributed by atoms with van der Waals surface area (Å²) in [5.74, 6) is -7.45. The van der Waals surface area contributed by atoms with E-state index in [9.17, 15) is 38.4 Å². The third kappa shape index (κ3) is 41.7. The molecule has 2 atom stereocenters. The molecular weight excluding hydrogens is 1050 g/mol. The first-order valence-electron chi connectivity index (χ1n) is 22.2. The number of carbonyl (C=O) groups is 9. The minimum absolute atomic E-state index is 0.00568. The number of ether oxygens (including phenoxy) is 1. The largest absolute Gasteiger partial charge is 0.481 e. The molecule has 402 valence electrons. The number of nitrogens with one attached hydrogen (secondary N) is 6. The van der Waals surface area contributed by atoms with Crippen LogP contribution in [0.2, 0.25) is 0 Å². The van der Waals surface area contributed by atoms with Crippen LogP contribution in [-0.4, -0.2) is 102 Å². The number of esters is 1. The molecule has 1 aromatic heterocycles. The molecule has 3 aromatic carbocycles. The number of allylic oxidation sites excluding steroid dienone is 4. The van der Waals surface area contributed by atoms with Gasteiger partial charge < -0.3 is 46.9 Å². The summed E-state index contributed by atoms with van der Waals surface area (Å²) >= 11 is 5.09. The quantitative estimate of drug-likeness (QED) is 0.0295. The number of hydrogen-bond donors (Lipinski definition) is 8. The van der Waals surface area contributed by atoms with Crippen molar-refractivity contribution in [2.45, 2.75) is 66.5 Å². The number of benzene rings is 3. The van der Waals surface area contributed by atoms with Crippen molar-refractivity contribution >= 4 is 86.3 Å². The average molecular weight is 1120 g/mol. The lowest BCUT2D eigenvalue weighted by Gasteiger charge is -2.19. The molecule has 0 saturated carbocycles. The van der Waals surface area contributed by atoms with Crippen LogP contribution in [0, 0.1) is 46.5 Å². The number of aliphatic carboxylic acids is 2. The topological polar surface area (TPSA) is 275 Å². The summed E-state index contributed by atoms with van der Waals surface area (Å²) in [7, 11) is 0. The molecule has 18 nitrogen and oxygen atoms in total. The molecule has 0 saturated heterocycles. The van der Waals surface area contributed by atoms with Crippen LogP contribution in [0.15, 0.2) is 138 Å². The van der Waals surface area contributed by atoms with Gasteiger partial charge in [-0.15, -0.1) is 37.0 Å². The smallest absolute Gasteiger partial charge is 0.322 e. The number of amides is 6. The van der Waals surface area contributed by atoms with E-state index in [1.807, 2.05) is 38.1 Å². The van der Waals surface area contributed by atoms with Crippen LogP contribution >= 0.6 is 27.3 Å². The van der Waals surface area contributed by atoms with E-state index in [1.54, 1.807) is 72.0 Å². The number of carbonyl (C=O) groups excluding carboxylic acids is 7. The highest BCUT2D eigenvalue weighted by Gasteiger charge is 2.26. The zero-order valence-corrected chi connectivity index (χ0v) is 45.3. The number of rotatable bonds is 19. The maximum Gasteiger partial charge on any atom is 0.322 e. The number of aryl methyl sites for hydroxylation is 3. The van der Waals surface area contributed by atoms with E-state index in [-0.39, 0.29) is 6.42 Å². The Labute approximate surface area is 452 Å². The Hall–Kier alpha value is -8.59. The van der Waals surface area contributed by atoms with E-state index >= 15 is 0 Å². The number of anilines is 1. The van der Waals surface area contributed by atoms with Gasteiger partial charge in [-0.3, -0.25) is 43.2 Å². The molecule has 75 heavy (non-hydrogen) atoms. The van der Waals surface area contributed by atoms with Gasteiger partial charge in [-0.25, -0.2) is 0 Å². The zero-order chi connectivity index (χ0) is 57.7. The summed E-state index contributed by atoms with van der Waals surface area (Å²) in [4.78, 5) is 107. The third-order valence-electron chi connectivity index (χ3n) is 8.35. The third-order valence-corrected chi connectivity index (χ3v) is 9.68. The van der Waals surface area contributed by atoms with Crippen LogP contribution in [0.4, 0.5) is 5.69 Å². The first-order chi connectivity index (χ1) is 35.5. The van der Waals surface area contributed by atoms with E-state index in [4.69, 9.17) is 19.7 Å². The maximum absolute atomic E-state index is 13.0. The van der Waals surface area contributed by atoms with Crippen LogP contribution in [0.1, 0.15) is 48.8 Å². The Morgan fingerprint density at radius 2 is 1.16 bits per heavy atom. The monoisotopic (exact) mass is 1110 g/mol. The molecule has 1 heterocycles. The average Bonchev–Trinajstić information content (AvgIpc) is 3.87. The van der Waals surface area contributed by atoms with Crippen molar-refractivity contribution in [2.24, 2.45) is 0 Å². The lowest BCUT2D eigenvalue weighted by Crippen LogP contribution is -2.52. The second-order valence-electron chi connectivity index (χ2n) is 14.8. The van der Waals surface area contributed by atoms with Crippen LogP contribution in [-0.2, 0) is 54.3 Å². The summed E-state index contributed by atoms with van der Waals surface area (Å²) in [5.41, 5.74) is 4.50. The van der Waals surface area contributed by atoms with E-state index < -0.39 is 98.1 Å². The molecule has 0 unspecified atom stereocenters. The van der Waals surface area contributed by atoms with Gasteiger partial charge in [0.1, 0.15) is 12.6 Å². The van der Waals surface area contributed by atoms with Crippen molar-refractivity contribution in [1.82, 2.24) is 26.6 Å². The molecule has 8 N–H and O–H groups in total. The van der Waals surface area contributed by atoms with Crippen molar-refractivity contribution in [3.63, 3.8) is 0 Å². The fourth-order valence-corrected chi connectivity index (χ4v) is 5.69. The summed E-state index contributed by atoms with van der Waals surface area (Å²) < 4.78 is 5.78. The molecule has 0 aliphatic carbocycles. The lowest BCUT2D eigenvalue weighted by atomic mass is 10.1. The first-order valence-corrected chi connectivity index (χ1v) is 23.9. The van der Waals surface area contributed by atoms with Gasteiger partial charge in [-0.2, -0.15) is 0 Å². The first kappa shape index (κ1) is 70.7. The summed E-state index contributed by atoms with van der Waals surface area (Å²) in [6, 6.07) is 26.9. The minimum Gasteiger partial charge on any atom is -0.481 e. The van der Waals surface area contributed by atoms with E-state index in [2.05, 4.69) is 130 Å². The van der Waals surface area contributed by atoms with Crippen LogP contribution < -0.4 is 31.9 Å². The Morgan fingerprint density at radius 3 is 1.59 bits per heavy atom. The van der Waals surface area contributed by atoms with Crippen LogP contribution in [0.3, 0.4) is 0 Å². The van der Waals surface area contributed by atoms with Gasteiger partial charge in [0.15, 0.2) is 6.10 Å². The number of hydrogen-bond acceptors (Lipinski definition) is 11. The number of carboxylic acid groups (broad SMARTS) is 2. The molecule has 6 amide bonds. The predicted molar refractivity (Wildman–Crippen MR) is 297 cm³/mol. The molecule has 0 radical (unpaired) electrons. The molecule has 0 bridgehead atoms.